The Morgan fingerprint density at radius 1 is 1.17 bits per heavy atom. The fourth-order valence-electron chi connectivity index (χ4n) is 5.96. The number of carbonyl (C=O) groups excluding carboxylic acids is 1. The molecule has 1 amide bonds. The minimum absolute atomic E-state index is 0.100. The highest BCUT2D eigenvalue weighted by atomic mass is 16.3. The Morgan fingerprint density at radius 3 is 2.74 bits per heavy atom. The third kappa shape index (κ3) is 5.20. The Hall–Kier alpha value is -2.54. The molecule has 0 spiro atoms. The van der Waals surface area contributed by atoms with Crippen LogP contribution in [0.25, 0.3) is 16.8 Å². The van der Waals surface area contributed by atoms with Crippen molar-refractivity contribution in [2.75, 3.05) is 39.3 Å². The second kappa shape index (κ2) is 11.0. The van der Waals surface area contributed by atoms with Crippen LogP contribution in [0.1, 0.15) is 78.7 Å². The van der Waals surface area contributed by atoms with Gasteiger partial charge in [0.1, 0.15) is 5.69 Å². The van der Waals surface area contributed by atoms with Gasteiger partial charge in [-0.15, -0.1) is 0 Å². The van der Waals surface area contributed by atoms with Gasteiger partial charge >= 0.3 is 0 Å². The maximum atomic E-state index is 13.2. The fourth-order valence-corrected chi connectivity index (χ4v) is 5.96. The first kappa shape index (κ1) is 24.2. The van der Waals surface area contributed by atoms with Crippen molar-refractivity contribution >= 4 is 11.5 Å². The number of allylic oxidation sites excluding steroid dienone is 2. The van der Waals surface area contributed by atoms with Crippen LogP contribution >= 0.6 is 0 Å². The van der Waals surface area contributed by atoms with Gasteiger partial charge in [0, 0.05) is 43.4 Å². The molecule has 0 saturated carbocycles. The molecular formula is C29H38N4O2. The van der Waals surface area contributed by atoms with E-state index in [1.807, 2.05) is 6.07 Å². The van der Waals surface area contributed by atoms with Gasteiger partial charge in [-0.3, -0.25) is 9.69 Å². The molecule has 1 atom stereocenters. The Kier molecular flexibility index (Phi) is 7.61. The molecule has 186 valence electrons. The van der Waals surface area contributed by atoms with Crippen LogP contribution in [-0.2, 0) is 6.54 Å². The highest BCUT2D eigenvalue weighted by molar-refractivity contribution is 5.93. The number of amides is 1. The maximum absolute atomic E-state index is 13.2. The van der Waals surface area contributed by atoms with E-state index in [1.54, 1.807) is 0 Å². The summed E-state index contributed by atoms with van der Waals surface area (Å²) in [5, 5.41) is 12.9. The number of nitrogens with one attached hydrogen (secondary N) is 1. The number of nitrogens with zero attached hydrogens (tertiary/aromatic N) is 3. The molecule has 6 nitrogen and oxygen atoms in total. The molecule has 6 heteroatoms. The summed E-state index contributed by atoms with van der Waals surface area (Å²) < 4.78 is 0. The third-order valence-electron chi connectivity index (χ3n) is 7.79. The Bertz CT molecular complexity index is 1090. The zero-order valence-corrected chi connectivity index (χ0v) is 20.9. The summed E-state index contributed by atoms with van der Waals surface area (Å²) in [5.74, 6) is -0.100. The molecule has 35 heavy (non-hydrogen) atoms. The molecule has 2 N–H and O–H groups in total. The van der Waals surface area contributed by atoms with Gasteiger partial charge in [-0.2, -0.15) is 0 Å². The van der Waals surface area contributed by atoms with Gasteiger partial charge in [0.2, 0.25) is 0 Å². The van der Waals surface area contributed by atoms with Gasteiger partial charge in [0.25, 0.3) is 5.91 Å². The number of likely N-dealkylation sites (tertiary alicyclic amines) is 1. The van der Waals surface area contributed by atoms with Crippen molar-refractivity contribution in [3.63, 3.8) is 0 Å². The number of benzene rings is 1. The highest BCUT2D eigenvalue weighted by Crippen LogP contribution is 2.42. The second-order valence-corrected chi connectivity index (χ2v) is 10.0. The summed E-state index contributed by atoms with van der Waals surface area (Å²) in [7, 11) is 0. The summed E-state index contributed by atoms with van der Waals surface area (Å²) in [6.45, 7) is 7.75. The van der Waals surface area contributed by atoms with Crippen LogP contribution in [0.2, 0.25) is 0 Å². The van der Waals surface area contributed by atoms with Crippen LogP contribution in [0.15, 0.2) is 36.4 Å². The molecule has 5 rings (SSSR count). The van der Waals surface area contributed by atoms with Crippen molar-refractivity contribution < 1.29 is 9.90 Å². The first-order valence-electron chi connectivity index (χ1n) is 13.4. The van der Waals surface area contributed by atoms with Gasteiger partial charge in [-0.05, 0) is 87.0 Å². The molecule has 1 aromatic carbocycles. The molecule has 1 aromatic heterocycles. The quantitative estimate of drug-likeness (QED) is 0.564. The van der Waals surface area contributed by atoms with Crippen LogP contribution < -0.4 is 5.32 Å². The topological polar surface area (TPSA) is 68.7 Å². The minimum atomic E-state index is -0.100. The van der Waals surface area contributed by atoms with Gasteiger partial charge in [0.05, 0.1) is 5.69 Å². The number of rotatable bonds is 9. The molecule has 2 aromatic rings. The number of aliphatic hydroxyl groups excluding tert-OH is 1. The van der Waals surface area contributed by atoms with Crippen molar-refractivity contribution in [2.24, 2.45) is 0 Å². The largest absolute Gasteiger partial charge is 0.396 e. The van der Waals surface area contributed by atoms with E-state index in [0.29, 0.717) is 18.7 Å². The monoisotopic (exact) mass is 474 g/mol. The van der Waals surface area contributed by atoms with Crippen LogP contribution in [0.5, 0.6) is 0 Å². The lowest BCUT2D eigenvalue weighted by Gasteiger charge is -2.24. The van der Waals surface area contributed by atoms with Crippen LogP contribution in [0.3, 0.4) is 0 Å². The highest BCUT2D eigenvalue weighted by Gasteiger charge is 2.33. The van der Waals surface area contributed by atoms with Gasteiger partial charge in [-0.1, -0.05) is 31.2 Å². The van der Waals surface area contributed by atoms with E-state index in [-0.39, 0.29) is 18.6 Å². The van der Waals surface area contributed by atoms with Crippen LogP contribution in [-0.4, -0.2) is 65.1 Å². The smallest absolute Gasteiger partial charge is 0.269 e. The lowest BCUT2D eigenvalue weighted by molar-refractivity contribution is 0.0944. The summed E-state index contributed by atoms with van der Waals surface area (Å²) in [4.78, 5) is 22.9. The van der Waals surface area contributed by atoms with E-state index < -0.39 is 0 Å². The van der Waals surface area contributed by atoms with Crippen molar-refractivity contribution in [3.05, 3.63) is 58.8 Å². The van der Waals surface area contributed by atoms with Crippen molar-refractivity contribution in [1.82, 2.24) is 20.1 Å². The predicted octanol–water partition coefficient (Wildman–Crippen LogP) is 4.40. The molecule has 1 saturated heterocycles. The zero-order chi connectivity index (χ0) is 24.2. The minimum Gasteiger partial charge on any atom is -0.396 e. The lowest BCUT2D eigenvalue weighted by atomic mass is 9.93. The third-order valence-corrected chi connectivity index (χ3v) is 7.79. The van der Waals surface area contributed by atoms with Crippen LogP contribution in [0, 0.1) is 0 Å². The first-order valence-corrected chi connectivity index (χ1v) is 13.4. The maximum Gasteiger partial charge on any atom is 0.269 e. The molecule has 0 radical (unpaired) electrons. The standard InChI is InChI=1S/C29H38N4O2/c1-2-33-20-24-19-25(29(35)30-13-16-32-14-5-6-15-32)31-28(27(24)26(33)12-17-34)23-11-7-10-22(18-23)21-8-3-4-9-21/h7-8,10-11,18-19,26,34H,2-6,9,12-17,20H2,1H3,(H,30,35)/t26-/m1/s1. The Labute approximate surface area is 209 Å². The number of hydrogen-bond acceptors (Lipinski definition) is 5. The molecule has 1 aliphatic carbocycles. The predicted molar refractivity (Wildman–Crippen MR) is 140 cm³/mol. The normalized spacial score (nSPS) is 20.3. The second-order valence-electron chi connectivity index (χ2n) is 10.0. The van der Waals surface area contributed by atoms with E-state index in [2.05, 4.69) is 52.4 Å². The number of hydrogen-bond donors (Lipinski definition) is 2. The molecule has 1 fully saturated rings. The average molecular weight is 475 g/mol. The Morgan fingerprint density at radius 2 is 2.00 bits per heavy atom. The van der Waals surface area contributed by atoms with Gasteiger partial charge in [0.15, 0.2) is 0 Å². The summed E-state index contributed by atoms with van der Waals surface area (Å²) in [5.41, 5.74) is 7.42. The number of carbonyl (C=O) groups is 1. The summed E-state index contributed by atoms with van der Waals surface area (Å²) in [6.07, 6.45) is 8.99. The van der Waals surface area contributed by atoms with Crippen molar-refractivity contribution in [3.8, 4) is 11.3 Å². The molecule has 0 unspecified atom stereocenters. The SMILES string of the molecule is CCN1Cc2cc(C(=O)NCCN3CCCC3)nc(-c3cccc(C4=CCCC4)c3)c2[C@H]1CCO. The molecule has 0 bridgehead atoms. The molecule has 3 heterocycles. The molecule has 3 aliphatic rings. The van der Waals surface area contributed by atoms with Crippen molar-refractivity contribution in [1.29, 1.82) is 0 Å². The Balaban J connectivity index is 1.48. The number of aromatic nitrogens is 1. The van der Waals surface area contributed by atoms with Gasteiger partial charge < -0.3 is 15.3 Å². The van der Waals surface area contributed by atoms with E-state index in [1.165, 1.54) is 36.0 Å². The van der Waals surface area contributed by atoms with E-state index in [4.69, 9.17) is 4.98 Å². The molecule has 2 aliphatic heterocycles. The number of fused-ring (bicyclic) bond motifs is 1. The van der Waals surface area contributed by atoms with E-state index in [9.17, 15) is 9.90 Å². The summed E-state index contributed by atoms with van der Waals surface area (Å²) >= 11 is 0. The first-order chi connectivity index (χ1) is 17.2. The number of pyridine rings is 1. The van der Waals surface area contributed by atoms with E-state index in [0.717, 1.165) is 62.4 Å². The fraction of sp³-hybridized carbons (Fsp3) is 0.517. The zero-order valence-electron chi connectivity index (χ0n) is 20.9. The summed E-state index contributed by atoms with van der Waals surface area (Å²) in [6, 6.07) is 10.7. The van der Waals surface area contributed by atoms with Crippen molar-refractivity contribution in [2.45, 2.75) is 58.0 Å². The number of aliphatic hydroxyl groups is 1. The average Bonchev–Trinajstić information content (AvgIpc) is 3.65. The van der Waals surface area contributed by atoms with Gasteiger partial charge in [-0.25, -0.2) is 4.98 Å². The lowest BCUT2D eigenvalue weighted by Crippen LogP contribution is -2.34. The van der Waals surface area contributed by atoms with E-state index >= 15 is 0 Å². The van der Waals surface area contributed by atoms with Crippen LogP contribution in [0.4, 0.5) is 0 Å². The molecular weight excluding hydrogens is 436 g/mol.